The lowest BCUT2D eigenvalue weighted by Gasteiger charge is -2.41. The van der Waals surface area contributed by atoms with Gasteiger partial charge in [-0.3, -0.25) is 9.69 Å². The highest BCUT2D eigenvalue weighted by Gasteiger charge is 2.40. The third-order valence-corrected chi connectivity index (χ3v) is 4.47. The van der Waals surface area contributed by atoms with Crippen molar-refractivity contribution in [1.29, 1.82) is 0 Å². The van der Waals surface area contributed by atoms with Gasteiger partial charge in [0.05, 0.1) is 6.10 Å². The fraction of sp³-hybridized carbons (Fsp3) is 0.923. The maximum Gasteiger partial charge on any atom is 0.237 e. The second-order valence-corrected chi connectivity index (χ2v) is 6.04. The lowest BCUT2D eigenvalue weighted by Crippen LogP contribution is -2.48. The van der Waals surface area contributed by atoms with E-state index in [1.54, 1.807) is 0 Å². The maximum atomic E-state index is 11.3. The van der Waals surface area contributed by atoms with E-state index in [0.717, 1.165) is 24.9 Å². The molecule has 4 heteroatoms. The van der Waals surface area contributed by atoms with Gasteiger partial charge in [0.1, 0.15) is 6.04 Å². The molecule has 17 heavy (non-hydrogen) atoms. The zero-order valence-corrected chi connectivity index (χ0v) is 10.8. The van der Waals surface area contributed by atoms with E-state index >= 15 is 0 Å². The predicted octanol–water partition coefficient (Wildman–Crippen LogP) is 0.589. The highest BCUT2D eigenvalue weighted by atomic mass is 16.3. The van der Waals surface area contributed by atoms with Crippen LogP contribution in [0.5, 0.6) is 0 Å². The normalized spacial score (nSPS) is 38.4. The fourth-order valence-corrected chi connectivity index (χ4v) is 3.23. The summed E-state index contributed by atoms with van der Waals surface area (Å²) in [4.78, 5) is 13.4. The van der Waals surface area contributed by atoms with Gasteiger partial charge < -0.3 is 10.8 Å². The molecule has 0 aromatic carbocycles. The van der Waals surface area contributed by atoms with Gasteiger partial charge in [-0.05, 0) is 37.0 Å². The Kier molecular flexibility index (Phi) is 3.73. The Morgan fingerprint density at radius 1 is 1.47 bits per heavy atom. The third-order valence-electron chi connectivity index (χ3n) is 4.47. The van der Waals surface area contributed by atoms with Crippen LogP contribution >= 0.6 is 0 Å². The number of primary amides is 1. The van der Waals surface area contributed by atoms with Gasteiger partial charge in [0.2, 0.25) is 5.91 Å². The zero-order valence-electron chi connectivity index (χ0n) is 10.8. The van der Waals surface area contributed by atoms with Gasteiger partial charge in [0.25, 0.3) is 0 Å². The molecule has 0 aromatic heterocycles. The molecule has 0 spiro atoms. The summed E-state index contributed by atoms with van der Waals surface area (Å²) in [7, 11) is 0. The van der Waals surface area contributed by atoms with E-state index < -0.39 is 12.1 Å². The van der Waals surface area contributed by atoms with Crippen molar-refractivity contribution in [3.63, 3.8) is 0 Å². The van der Waals surface area contributed by atoms with Crippen LogP contribution in [0, 0.1) is 17.8 Å². The Bertz CT molecular complexity index is 287. The average Bonchev–Trinajstić information content (AvgIpc) is 2.51. The molecule has 1 aliphatic carbocycles. The molecule has 1 amide bonds. The van der Waals surface area contributed by atoms with Gasteiger partial charge in [0.15, 0.2) is 0 Å². The quantitative estimate of drug-likeness (QED) is 0.756. The van der Waals surface area contributed by atoms with E-state index in [0.29, 0.717) is 12.3 Å². The van der Waals surface area contributed by atoms with Crippen molar-refractivity contribution >= 4 is 5.91 Å². The second kappa shape index (κ2) is 4.94. The van der Waals surface area contributed by atoms with E-state index in [-0.39, 0.29) is 5.91 Å². The van der Waals surface area contributed by atoms with Crippen molar-refractivity contribution in [1.82, 2.24) is 4.90 Å². The van der Waals surface area contributed by atoms with Gasteiger partial charge in [-0.2, -0.15) is 0 Å². The number of aliphatic hydroxyl groups excluding tert-OH is 1. The number of nitrogens with two attached hydrogens (primary N) is 1. The van der Waals surface area contributed by atoms with E-state index in [4.69, 9.17) is 5.73 Å². The van der Waals surface area contributed by atoms with Crippen molar-refractivity contribution in [2.75, 3.05) is 13.1 Å². The third kappa shape index (κ3) is 2.63. The van der Waals surface area contributed by atoms with Crippen LogP contribution in [0.1, 0.15) is 33.1 Å². The molecule has 2 rings (SSSR count). The molecule has 1 saturated carbocycles. The summed E-state index contributed by atoms with van der Waals surface area (Å²) in [5.74, 6) is 1.92. The highest BCUT2D eigenvalue weighted by Crippen LogP contribution is 2.39. The van der Waals surface area contributed by atoms with Gasteiger partial charge in [-0.25, -0.2) is 0 Å². The van der Waals surface area contributed by atoms with Crippen molar-refractivity contribution in [3.05, 3.63) is 0 Å². The molecule has 0 bridgehead atoms. The molecule has 3 N–H and O–H groups in total. The molecule has 1 aliphatic heterocycles. The first kappa shape index (κ1) is 12.8. The summed E-state index contributed by atoms with van der Waals surface area (Å²) >= 11 is 0. The zero-order chi connectivity index (χ0) is 12.6. The Hall–Kier alpha value is -0.610. The number of hydrogen-bond acceptors (Lipinski definition) is 3. The van der Waals surface area contributed by atoms with Crippen LogP contribution in [0.2, 0.25) is 0 Å². The van der Waals surface area contributed by atoms with Crippen LogP contribution in [-0.4, -0.2) is 41.1 Å². The van der Waals surface area contributed by atoms with Crippen LogP contribution in [0.25, 0.3) is 0 Å². The number of rotatable bonds is 4. The largest absolute Gasteiger partial charge is 0.391 e. The van der Waals surface area contributed by atoms with E-state index in [9.17, 15) is 9.90 Å². The number of hydrogen-bond donors (Lipinski definition) is 2. The highest BCUT2D eigenvalue weighted by molar-refractivity contribution is 5.80. The average molecular weight is 240 g/mol. The predicted molar refractivity (Wildman–Crippen MR) is 66.2 cm³/mol. The first-order valence-corrected chi connectivity index (χ1v) is 6.70. The smallest absolute Gasteiger partial charge is 0.237 e. The van der Waals surface area contributed by atoms with Crippen molar-refractivity contribution < 1.29 is 9.90 Å². The molecule has 1 heterocycles. The Morgan fingerprint density at radius 2 is 2.12 bits per heavy atom. The summed E-state index contributed by atoms with van der Waals surface area (Å²) in [6, 6.07) is -0.451. The molecule has 0 aromatic rings. The van der Waals surface area contributed by atoms with Crippen molar-refractivity contribution in [2.45, 2.75) is 45.3 Å². The minimum atomic E-state index is -0.562. The van der Waals surface area contributed by atoms with Crippen LogP contribution in [0.4, 0.5) is 0 Å². The molecule has 2 atom stereocenters. The fourth-order valence-electron chi connectivity index (χ4n) is 3.23. The lowest BCUT2D eigenvalue weighted by atomic mass is 9.69. The van der Waals surface area contributed by atoms with E-state index in [1.807, 2.05) is 0 Å². The molecular formula is C13H24N2O2. The number of aliphatic hydroxyl groups is 1. The molecule has 0 radical (unpaired) electrons. The number of nitrogens with zero attached hydrogens (tertiary/aromatic N) is 1. The molecule has 4 nitrogen and oxygen atoms in total. The summed E-state index contributed by atoms with van der Waals surface area (Å²) in [6.45, 7) is 6.27. The monoisotopic (exact) mass is 240 g/mol. The van der Waals surface area contributed by atoms with Crippen LogP contribution in [0.15, 0.2) is 0 Å². The minimum absolute atomic E-state index is 0.380. The standard InChI is InChI=1S/C13H24N2O2/c1-8(2)10-5-9(6-10)7-15-4-3-11(16)12(15)13(14)17/h8-12,16H,3-7H2,1-2H3,(H2,14,17)/t9-,10-,11-,12+/m0/s1. The number of carbonyl (C=O) groups is 1. The van der Waals surface area contributed by atoms with Crippen LogP contribution in [-0.2, 0) is 4.79 Å². The Balaban J connectivity index is 1.82. The molecule has 98 valence electrons. The van der Waals surface area contributed by atoms with Gasteiger partial charge in [-0.15, -0.1) is 0 Å². The molecule has 2 aliphatic rings. The van der Waals surface area contributed by atoms with Gasteiger partial charge >= 0.3 is 0 Å². The van der Waals surface area contributed by atoms with E-state index in [1.165, 1.54) is 12.8 Å². The van der Waals surface area contributed by atoms with Crippen LogP contribution in [0.3, 0.4) is 0 Å². The Labute approximate surface area is 103 Å². The first-order chi connectivity index (χ1) is 7.99. The minimum Gasteiger partial charge on any atom is -0.391 e. The SMILES string of the molecule is CC(C)[C@H]1C[C@H](CN2CC[C@H](O)[C@@H]2C(N)=O)C1. The summed E-state index contributed by atoms with van der Waals surface area (Å²) < 4.78 is 0. The summed E-state index contributed by atoms with van der Waals surface area (Å²) in [5, 5.41) is 9.73. The number of carbonyl (C=O) groups excluding carboxylic acids is 1. The molecular weight excluding hydrogens is 216 g/mol. The number of amides is 1. The Morgan fingerprint density at radius 3 is 2.65 bits per heavy atom. The topological polar surface area (TPSA) is 66.6 Å². The van der Waals surface area contributed by atoms with E-state index in [2.05, 4.69) is 18.7 Å². The van der Waals surface area contributed by atoms with Crippen LogP contribution < -0.4 is 5.73 Å². The molecule has 0 unspecified atom stereocenters. The molecule has 1 saturated heterocycles. The van der Waals surface area contributed by atoms with Crippen molar-refractivity contribution in [3.8, 4) is 0 Å². The summed E-state index contributed by atoms with van der Waals surface area (Å²) in [5.41, 5.74) is 5.35. The lowest BCUT2D eigenvalue weighted by molar-refractivity contribution is -0.125. The molecule has 2 fully saturated rings. The van der Waals surface area contributed by atoms with Gasteiger partial charge in [0, 0.05) is 13.1 Å². The summed E-state index contributed by atoms with van der Waals surface area (Å²) in [6.07, 6.45) is 2.63. The van der Waals surface area contributed by atoms with Gasteiger partial charge in [-0.1, -0.05) is 13.8 Å². The number of likely N-dealkylation sites (tertiary alicyclic amines) is 1. The maximum absolute atomic E-state index is 11.3. The second-order valence-electron chi connectivity index (χ2n) is 6.04. The first-order valence-electron chi connectivity index (χ1n) is 6.70. The van der Waals surface area contributed by atoms with Crippen molar-refractivity contribution in [2.24, 2.45) is 23.5 Å².